The first-order valence-electron chi connectivity index (χ1n) is 7.39. The summed E-state index contributed by atoms with van der Waals surface area (Å²) >= 11 is 0. The van der Waals surface area contributed by atoms with E-state index in [9.17, 15) is 24.9 Å². The lowest BCUT2D eigenvalue weighted by Crippen LogP contribution is -2.35. The number of aromatic nitrogens is 1. The summed E-state index contributed by atoms with van der Waals surface area (Å²) in [5, 5.41) is 30.7. The summed E-state index contributed by atoms with van der Waals surface area (Å²) in [4.78, 5) is 27.9. The molecular formula is C16H18N2O7. The van der Waals surface area contributed by atoms with Crippen molar-refractivity contribution in [1.82, 2.24) is 10.0 Å². The molecule has 0 saturated carbocycles. The molecule has 0 bridgehead atoms. The van der Waals surface area contributed by atoms with Crippen LogP contribution in [0, 0.1) is 0 Å². The number of ether oxygens (including phenoxy) is 1. The maximum absolute atomic E-state index is 11.7. The first kappa shape index (κ1) is 18.1. The van der Waals surface area contributed by atoms with Gasteiger partial charge in [0.15, 0.2) is 0 Å². The molecule has 25 heavy (non-hydrogen) atoms. The molecule has 0 saturated heterocycles. The van der Waals surface area contributed by atoms with Gasteiger partial charge in [-0.3, -0.25) is 4.79 Å². The van der Waals surface area contributed by atoms with E-state index in [1.807, 2.05) is 18.2 Å². The van der Waals surface area contributed by atoms with E-state index in [1.165, 1.54) is 0 Å². The minimum absolute atomic E-state index is 0.0729. The van der Waals surface area contributed by atoms with E-state index < -0.39 is 29.9 Å². The van der Waals surface area contributed by atoms with Crippen LogP contribution in [0.3, 0.4) is 0 Å². The van der Waals surface area contributed by atoms with Crippen molar-refractivity contribution in [3.05, 3.63) is 48.0 Å². The molecule has 0 aliphatic carbocycles. The zero-order valence-electron chi connectivity index (χ0n) is 13.2. The predicted molar refractivity (Wildman–Crippen MR) is 84.6 cm³/mol. The SMILES string of the molecule is O=C(NCCC(=O)C(O)On1c(O)ccc1O)OCc1ccccc1. The Labute approximate surface area is 143 Å². The first-order chi connectivity index (χ1) is 12.0. The van der Waals surface area contributed by atoms with Crippen LogP contribution in [0.25, 0.3) is 0 Å². The smallest absolute Gasteiger partial charge is 0.407 e. The molecule has 0 spiro atoms. The number of aromatic hydroxyl groups is 2. The number of ketones is 1. The number of nitrogens with zero attached hydrogens (tertiary/aromatic N) is 1. The van der Waals surface area contributed by atoms with Crippen molar-refractivity contribution in [2.75, 3.05) is 6.54 Å². The highest BCUT2D eigenvalue weighted by atomic mass is 16.8. The first-order valence-corrected chi connectivity index (χ1v) is 7.39. The van der Waals surface area contributed by atoms with Gasteiger partial charge in [-0.1, -0.05) is 30.3 Å². The summed E-state index contributed by atoms with van der Waals surface area (Å²) in [6.07, 6.45) is -2.84. The number of amides is 1. The van der Waals surface area contributed by atoms with E-state index in [4.69, 9.17) is 9.57 Å². The molecule has 0 fully saturated rings. The Balaban J connectivity index is 1.68. The minimum Gasteiger partial charge on any atom is -0.492 e. The molecule has 0 aliphatic heterocycles. The van der Waals surface area contributed by atoms with Crippen molar-refractivity contribution in [3.8, 4) is 11.8 Å². The molecule has 9 heteroatoms. The van der Waals surface area contributed by atoms with Crippen molar-refractivity contribution in [2.24, 2.45) is 0 Å². The minimum atomic E-state index is -1.91. The molecule has 9 nitrogen and oxygen atoms in total. The molecule has 1 amide bonds. The normalized spacial score (nSPS) is 11.6. The highest BCUT2D eigenvalue weighted by molar-refractivity contribution is 5.82. The van der Waals surface area contributed by atoms with Crippen molar-refractivity contribution in [2.45, 2.75) is 19.3 Å². The van der Waals surface area contributed by atoms with E-state index in [0.29, 0.717) is 4.73 Å². The topological polar surface area (TPSA) is 130 Å². The largest absolute Gasteiger partial charge is 0.492 e. The molecule has 1 aromatic carbocycles. The highest BCUT2D eigenvalue weighted by Gasteiger charge is 2.20. The number of carbonyl (C=O) groups excluding carboxylic acids is 2. The Bertz CT molecular complexity index is 695. The number of rotatable bonds is 8. The van der Waals surface area contributed by atoms with Gasteiger partial charge in [0, 0.05) is 25.1 Å². The van der Waals surface area contributed by atoms with Crippen LogP contribution >= 0.6 is 0 Å². The maximum Gasteiger partial charge on any atom is 0.407 e. The molecule has 1 aromatic heterocycles. The van der Waals surface area contributed by atoms with E-state index in [-0.39, 0.29) is 19.6 Å². The van der Waals surface area contributed by atoms with E-state index >= 15 is 0 Å². The Hall–Kier alpha value is -3.20. The van der Waals surface area contributed by atoms with Gasteiger partial charge in [-0.15, -0.1) is 4.73 Å². The van der Waals surface area contributed by atoms with Crippen LogP contribution in [0.4, 0.5) is 4.79 Å². The highest BCUT2D eigenvalue weighted by Crippen LogP contribution is 2.19. The molecule has 134 valence electrons. The van der Waals surface area contributed by atoms with E-state index in [0.717, 1.165) is 17.7 Å². The Morgan fingerprint density at radius 2 is 1.72 bits per heavy atom. The maximum atomic E-state index is 11.7. The summed E-state index contributed by atoms with van der Waals surface area (Å²) < 4.78 is 5.47. The second kappa shape index (κ2) is 8.60. The second-order valence-corrected chi connectivity index (χ2v) is 5.01. The molecule has 1 heterocycles. The van der Waals surface area contributed by atoms with Gasteiger partial charge in [-0.2, -0.15) is 0 Å². The average Bonchev–Trinajstić information content (AvgIpc) is 2.92. The molecule has 0 aliphatic rings. The van der Waals surface area contributed by atoms with Crippen LogP contribution in [0.15, 0.2) is 42.5 Å². The number of aliphatic hydroxyl groups is 1. The van der Waals surface area contributed by atoms with Gasteiger partial charge in [0.1, 0.15) is 6.61 Å². The van der Waals surface area contributed by atoms with E-state index in [2.05, 4.69) is 5.32 Å². The molecule has 4 N–H and O–H groups in total. The fourth-order valence-corrected chi connectivity index (χ4v) is 1.85. The standard InChI is InChI=1S/C16H18N2O7/c19-12(15(22)25-18-13(20)6-7-14(18)21)8-9-17-16(23)24-10-11-4-2-1-3-5-11/h1-7,15,20-22H,8-10H2,(H,17,23). The monoisotopic (exact) mass is 350 g/mol. The number of Topliss-reactive ketones (excluding diaryl/α,β-unsaturated/α-hetero) is 1. The van der Waals surface area contributed by atoms with Gasteiger partial charge in [0.25, 0.3) is 6.29 Å². The molecule has 1 unspecified atom stereocenters. The quantitative estimate of drug-likeness (QED) is 0.511. The number of hydrogen-bond acceptors (Lipinski definition) is 7. The fraction of sp³-hybridized carbons (Fsp3) is 0.250. The van der Waals surface area contributed by atoms with Gasteiger partial charge in [0.05, 0.1) is 0 Å². The summed E-state index contributed by atoms with van der Waals surface area (Å²) in [7, 11) is 0. The van der Waals surface area contributed by atoms with Gasteiger partial charge >= 0.3 is 6.09 Å². The number of nitrogens with one attached hydrogen (secondary N) is 1. The zero-order valence-corrected chi connectivity index (χ0v) is 13.2. The van der Waals surface area contributed by atoms with Crippen molar-refractivity contribution < 1.29 is 34.5 Å². The van der Waals surface area contributed by atoms with Gasteiger partial charge < -0.3 is 30.2 Å². The van der Waals surface area contributed by atoms with Crippen LogP contribution in [0.2, 0.25) is 0 Å². The number of hydrogen-bond donors (Lipinski definition) is 4. The molecule has 2 rings (SSSR count). The molecular weight excluding hydrogens is 332 g/mol. The molecule has 0 radical (unpaired) electrons. The van der Waals surface area contributed by atoms with Gasteiger partial charge in [-0.25, -0.2) is 4.79 Å². The Kier molecular flexibility index (Phi) is 6.24. The van der Waals surface area contributed by atoms with Crippen molar-refractivity contribution in [3.63, 3.8) is 0 Å². The summed E-state index contributed by atoms with van der Waals surface area (Å²) in [5.74, 6) is -1.71. The Morgan fingerprint density at radius 3 is 2.36 bits per heavy atom. The predicted octanol–water partition coefficient (Wildman–Crippen LogP) is 0.532. The third-order valence-corrected chi connectivity index (χ3v) is 3.13. The lowest BCUT2D eigenvalue weighted by atomic mass is 10.2. The van der Waals surface area contributed by atoms with E-state index in [1.54, 1.807) is 12.1 Å². The van der Waals surface area contributed by atoms with Crippen LogP contribution in [-0.2, 0) is 16.1 Å². The number of carbonyl (C=O) groups is 2. The van der Waals surface area contributed by atoms with Crippen LogP contribution < -0.4 is 10.2 Å². The zero-order chi connectivity index (χ0) is 18.2. The van der Waals surface area contributed by atoms with Crippen molar-refractivity contribution in [1.29, 1.82) is 0 Å². The lowest BCUT2D eigenvalue weighted by Gasteiger charge is -2.14. The molecule has 2 aromatic rings. The van der Waals surface area contributed by atoms with Gasteiger partial charge in [-0.05, 0) is 5.56 Å². The van der Waals surface area contributed by atoms with Crippen LogP contribution in [0.1, 0.15) is 12.0 Å². The second-order valence-electron chi connectivity index (χ2n) is 5.01. The van der Waals surface area contributed by atoms with Crippen LogP contribution in [-0.4, -0.2) is 44.8 Å². The lowest BCUT2D eigenvalue weighted by molar-refractivity contribution is -0.158. The van der Waals surface area contributed by atoms with Gasteiger partial charge in [0.2, 0.25) is 17.5 Å². The third-order valence-electron chi connectivity index (χ3n) is 3.13. The molecule has 1 atom stereocenters. The summed E-state index contributed by atoms with van der Waals surface area (Å²) in [6, 6.07) is 11.3. The van der Waals surface area contributed by atoms with Crippen LogP contribution in [0.5, 0.6) is 11.8 Å². The third kappa shape index (κ3) is 5.43. The van der Waals surface area contributed by atoms with Crippen molar-refractivity contribution >= 4 is 11.9 Å². The fourth-order valence-electron chi connectivity index (χ4n) is 1.85. The average molecular weight is 350 g/mol. The number of alkyl carbamates (subject to hydrolysis) is 1. The summed E-state index contributed by atoms with van der Waals surface area (Å²) in [6.45, 7) is 0.0229. The number of benzene rings is 1. The summed E-state index contributed by atoms with van der Waals surface area (Å²) in [5.41, 5.74) is 0.823. The Morgan fingerprint density at radius 1 is 1.08 bits per heavy atom. The number of aliphatic hydroxyl groups excluding tert-OH is 1.